The maximum Gasteiger partial charge on any atom is 0.183 e. The molecule has 0 aliphatic heterocycles. The topological polar surface area (TPSA) is 18.5 Å². The van der Waals surface area contributed by atoms with Crippen molar-refractivity contribution in [3.05, 3.63) is 0 Å². The summed E-state index contributed by atoms with van der Waals surface area (Å²) in [5.74, 6) is 0. The second-order valence-corrected chi connectivity index (χ2v) is 10.2. The molecule has 17 heavy (non-hydrogen) atoms. The monoisotopic (exact) mass is 260 g/mol. The van der Waals surface area contributed by atoms with Gasteiger partial charge in [-0.15, -0.1) is 0 Å². The van der Waals surface area contributed by atoms with Gasteiger partial charge in [-0.2, -0.15) is 0 Å². The van der Waals surface area contributed by atoms with Gasteiger partial charge in [-0.05, 0) is 26.1 Å². The van der Waals surface area contributed by atoms with Crippen molar-refractivity contribution >= 4 is 8.32 Å². The standard InChI is InChI=1S/C14H32O2Si/c1-5-6-7-8-9-10-11-12-15-13-14-16-17(2,3)4/h5-14H2,1-4H3. The van der Waals surface area contributed by atoms with E-state index in [0.29, 0.717) is 0 Å². The van der Waals surface area contributed by atoms with Gasteiger partial charge in [0, 0.05) is 6.61 Å². The number of unbranched alkanes of at least 4 members (excludes halogenated alkanes) is 6. The molecule has 3 heteroatoms. The molecular weight excluding hydrogens is 228 g/mol. The first-order chi connectivity index (χ1) is 8.06. The molecule has 0 amide bonds. The Morgan fingerprint density at radius 2 is 1.29 bits per heavy atom. The van der Waals surface area contributed by atoms with E-state index in [1.54, 1.807) is 0 Å². The third-order valence-electron chi connectivity index (χ3n) is 2.65. The summed E-state index contributed by atoms with van der Waals surface area (Å²) in [6, 6.07) is 0. The molecule has 104 valence electrons. The van der Waals surface area contributed by atoms with Gasteiger partial charge in [-0.1, -0.05) is 45.4 Å². The van der Waals surface area contributed by atoms with E-state index in [2.05, 4.69) is 26.6 Å². The number of hydrogen-bond acceptors (Lipinski definition) is 2. The van der Waals surface area contributed by atoms with Gasteiger partial charge in [0.25, 0.3) is 0 Å². The molecule has 0 heterocycles. The molecule has 0 saturated carbocycles. The third-order valence-corrected chi connectivity index (χ3v) is 3.73. The fraction of sp³-hybridized carbons (Fsp3) is 1.00. The van der Waals surface area contributed by atoms with Crippen LogP contribution in [0.15, 0.2) is 0 Å². The highest BCUT2D eigenvalue weighted by Crippen LogP contribution is 2.07. The van der Waals surface area contributed by atoms with Crippen molar-refractivity contribution < 1.29 is 9.16 Å². The number of rotatable bonds is 12. The minimum atomic E-state index is -1.33. The molecule has 0 fully saturated rings. The lowest BCUT2D eigenvalue weighted by Crippen LogP contribution is -2.27. The van der Waals surface area contributed by atoms with Gasteiger partial charge in [-0.25, -0.2) is 0 Å². The minimum absolute atomic E-state index is 0.764. The maximum atomic E-state index is 5.72. The van der Waals surface area contributed by atoms with Crippen LogP contribution in [-0.4, -0.2) is 28.1 Å². The molecule has 0 aromatic carbocycles. The summed E-state index contributed by atoms with van der Waals surface area (Å²) in [6.07, 6.45) is 9.42. The normalized spacial score (nSPS) is 12.0. The van der Waals surface area contributed by atoms with Crippen molar-refractivity contribution in [3.63, 3.8) is 0 Å². The van der Waals surface area contributed by atoms with Crippen LogP contribution in [0.5, 0.6) is 0 Å². The summed E-state index contributed by atoms with van der Waals surface area (Å²) in [6.45, 7) is 11.3. The summed E-state index contributed by atoms with van der Waals surface area (Å²) in [5.41, 5.74) is 0. The molecule has 0 rings (SSSR count). The van der Waals surface area contributed by atoms with Gasteiger partial charge in [0.2, 0.25) is 0 Å². The first-order valence-electron chi connectivity index (χ1n) is 7.28. The van der Waals surface area contributed by atoms with Crippen LogP contribution < -0.4 is 0 Å². The van der Waals surface area contributed by atoms with Gasteiger partial charge >= 0.3 is 0 Å². The smallest absolute Gasteiger partial charge is 0.183 e. The lowest BCUT2D eigenvalue weighted by Gasteiger charge is -2.16. The van der Waals surface area contributed by atoms with Crippen LogP contribution in [0.2, 0.25) is 19.6 Å². The zero-order chi connectivity index (χ0) is 13.0. The van der Waals surface area contributed by atoms with Crippen LogP contribution in [0, 0.1) is 0 Å². The zero-order valence-corrected chi connectivity index (χ0v) is 13.4. The highest BCUT2D eigenvalue weighted by atomic mass is 28.4. The van der Waals surface area contributed by atoms with Crippen LogP contribution in [0.25, 0.3) is 0 Å². The Labute approximate surface area is 109 Å². The van der Waals surface area contributed by atoms with Gasteiger partial charge in [-0.3, -0.25) is 0 Å². The summed E-state index contributed by atoms with van der Waals surface area (Å²) >= 11 is 0. The summed E-state index contributed by atoms with van der Waals surface area (Å²) < 4.78 is 11.3. The van der Waals surface area contributed by atoms with E-state index < -0.39 is 8.32 Å². The number of ether oxygens (including phenoxy) is 1. The zero-order valence-electron chi connectivity index (χ0n) is 12.4. The number of hydrogen-bond donors (Lipinski definition) is 0. The molecule has 0 aromatic heterocycles. The van der Waals surface area contributed by atoms with Gasteiger partial charge < -0.3 is 9.16 Å². The van der Waals surface area contributed by atoms with E-state index in [0.717, 1.165) is 19.8 Å². The predicted octanol–water partition coefficient (Wildman–Crippen LogP) is 4.61. The van der Waals surface area contributed by atoms with Crippen molar-refractivity contribution in [2.45, 2.75) is 71.5 Å². The van der Waals surface area contributed by atoms with Gasteiger partial charge in [0.1, 0.15) is 0 Å². The lowest BCUT2D eigenvalue weighted by molar-refractivity contribution is 0.0949. The first kappa shape index (κ1) is 17.1. The molecule has 2 nitrogen and oxygen atoms in total. The Morgan fingerprint density at radius 3 is 1.88 bits per heavy atom. The molecule has 0 N–H and O–H groups in total. The Kier molecular flexibility index (Phi) is 11.3. The summed E-state index contributed by atoms with van der Waals surface area (Å²) in [5, 5.41) is 0. The van der Waals surface area contributed by atoms with E-state index >= 15 is 0 Å². The fourth-order valence-electron chi connectivity index (χ4n) is 1.67. The third kappa shape index (κ3) is 16.1. The molecule has 0 unspecified atom stereocenters. The van der Waals surface area contributed by atoms with Crippen LogP contribution in [-0.2, 0) is 9.16 Å². The predicted molar refractivity (Wildman–Crippen MR) is 78.1 cm³/mol. The van der Waals surface area contributed by atoms with E-state index in [4.69, 9.17) is 9.16 Å². The lowest BCUT2D eigenvalue weighted by atomic mass is 10.1. The molecule has 0 spiro atoms. The quantitative estimate of drug-likeness (QED) is 0.377. The molecule has 0 aromatic rings. The van der Waals surface area contributed by atoms with Crippen molar-refractivity contribution in [2.75, 3.05) is 19.8 Å². The Bertz CT molecular complexity index is 155. The van der Waals surface area contributed by atoms with Crippen molar-refractivity contribution in [2.24, 2.45) is 0 Å². The largest absolute Gasteiger partial charge is 0.415 e. The average molecular weight is 260 g/mol. The Hall–Kier alpha value is 0.137. The van der Waals surface area contributed by atoms with E-state index in [-0.39, 0.29) is 0 Å². The molecule has 0 radical (unpaired) electrons. The van der Waals surface area contributed by atoms with E-state index in [1.165, 1.54) is 44.9 Å². The SMILES string of the molecule is CCCCCCCCCOCCO[Si](C)(C)C. The van der Waals surface area contributed by atoms with Crippen LogP contribution in [0.3, 0.4) is 0 Å². The van der Waals surface area contributed by atoms with Gasteiger partial charge in [0.05, 0.1) is 13.2 Å². The molecule has 0 aliphatic carbocycles. The van der Waals surface area contributed by atoms with Crippen LogP contribution >= 0.6 is 0 Å². The molecule has 0 bridgehead atoms. The van der Waals surface area contributed by atoms with Crippen molar-refractivity contribution in [1.82, 2.24) is 0 Å². The minimum Gasteiger partial charge on any atom is -0.415 e. The second kappa shape index (κ2) is 11.2. The van der Waals surface area contributed by atoms with Crippen LogP contribution in [0.1, 0.15) is 51.9 Å². The Balaban J connectivity index is 2.99. The fourth-order valence-corrected chi connectivity index (χ4v) is 2.37. The van der Waals surface area contributed by atoms with E-state index in [1.807, 2.05) is 0 Å². The summed E-state index contributed by atoms with van der Waals surface area (Å²) in [4.78, 5) is 0. The average Bonchev–Trinajstić information content (AvgIpc) is 2.24. The molecular formula is C14H32O2Si. The maximum absolute atomic E-state index is 5.72. The summed E-state index contributed by atoms with van der Waals surface area (Å²) in [7, 11) is -1.33. The van der Waals surface area contributed by atoms with E-state index in [9.17, 15) is 0 Å². The highest BCUT2D eigenvalue weighted by molar-refractivity contribution is 6.69. The first-order valence-corrected chi connectivity index (χ1v) is 10.7. The van der Waals surface area contributed by atoms with Crippen LogP contribution in [0.4, 0.5) is 0 Å². The molecule has 0 atom stereocenters. The highest BCUT2D eigenvalue weighted by Gasteiger charge is 2.12. The van der Waals surface area contributed by atoms with Crippen molar-refractivity contribution in [3.8, 4) is 0 Å². The van der Waals surface area contributed by atoms with Gasteiger partial charge in [0.15, 0.2) is 8.32 Å². The molecule has 0 aliphatic rings. The molecule has 0 saturated heterocycles. The Morgan fingerprint density at radius 1 is 0.706 bits per heavy atom. The van der Waals surface area contributed by atoms with Crippen molar-refractivity contribution in [1.29, 1.82) is 0 Å². The second-order valence-electron chi connectivity index (χ2n) is 5.69.